The van der Waals surface area contributed by atoms with Crippen molar-refractivity contribution >= 4 is 35.1 Å². The second-order valence-electron chi connectivity index (χ2n) is 8.04. The number of likely N-dealkylation sites (tertiary alicyclic amines) is 1. The van der Waals surface area contributed by atoms with E-state index in [1.54, 1.807) is 41.3 Å². The molecule has 11 heteroatoms. The van der Waals surface area contributed by atoms with Crippen molar-refractivity contribution in [1.29, 1.82) is 0 Å². The second kappa shape index (κ2) is 9.98. The first-order valence-corrected chi connectivity index (χ1v) is 11.3. The molecule has 3 amide bonds. The molecule has 2 aromatic heterocycles. The van der Waals surface area contributed by atoms with Crippen LogP contribution in [0.15, 0.2) is 55.3 Å². The quantitative estimate of drug-likeness (QED) is 0.355. The number of aromatic nitrogens is 3. The molecule has 4 rings (SSSR count). The minimum absolute atomic E-state index is 0.0131. The lowest BCUT2D eigenvalue weighted by atomic mass is 10.0. The molecule has 0 radical (unpaired) electrons. The number of pyridine rings is 1. The first kappa shape index (κ1) is 24.0. The van der Waals surface area contributed by atoms with Gasteiger partial charge in [-0.3, -0.25) is 14.4 Å². The molecule has 35 heavy (non-hydrogen) atoms. The smallest absolute Gasteiger partial charge is 0.269 e. The Bertz CT molecular complexity index is 1290. The SMILES string of the molecule is C=CC(=O)N1CCCC[C@H]1c1nc(-c2ccc(C(=O)Nc3ccc(Cl)cn3)cc2)c(C(N)=O)n1N. The summed E-state index contributed by atoms with van der Waals surface area (Å²) in [6, 6.07) is 9.28. The van der Waals surface area contributed by atoms with Gasteiger partial charge < -0.3 is 21.8 Å². The fourth-order valence-corrected chi connectivity index (χ4v) is 4.23. The van der Waals surface area contributed by atoms with Crippen LogP contribution >= 0.6 is 11.6 Å². The molecule has 10 nitrogen and oxygen atoms in total. The van der Waals surface area contributed by atoms with E-state index in [0.29, 0.717) is 40.8 Å². The Kier molecular flexibility index (Phi) is 6.83. The van der Waals surface area contributed by atoms with Gasteiger partial charge in [-0.1, -0.05) is 30.3 Å². The molecule has 180 valence electrons. The predicted octanol–water partition coefficient (Wildman–Crippen LogP) is 2.90. The molecule has 5 N–H and O–H groups in total. The zero-order valence-electron chi connectivity index (χ0n) is 18.8. The number of halogens is 1. The van der Waals surface area contributed by atoms with E-state index in [-0.39, 0.29) is 23.2 Å². The van der Waals surface area contributed by atoms with Crippen LogP contribution in [-0.4, -0.2) is 43.8 Å². The van der Waals surface area contributed by atoms with Crippen LogP contribution in [0.25, 0.3) is 11.3 Å². The van der Waals surface area contributed by atoms with Gasteiger partial charge in [-0.05, 0) is 49.6 Å². The highest BCUT2D eigenvalue weighted by Crippen LogP contribution is 2.33. The van der Waals surface area contributed by atoms with E-state index >= 15 is 0 Å². The van der Waals surface area contributed by atoms with E-state index in [9.17, 15) is 14.4 Å². The van der Waals surface area contributed by atoms with Gasteiger partial charge in [-0.2, -0.15) is 0 Å². The van der Waals surface area contributed by atoms with Crippen molar-refractivity contribution in [3.63, 3.8) is 0 Å². The summed E-state index contributed by atoms with van der Waals surface area (Å²) in [5.74, 6) is 5.63. The van der Waals surface area contributed by atoms with Crippen molar-refractivity contribution < 1.29 is 14.4 Å². The van der Waals surface area contributed by atoms with Gasteiger partial charge in [-0.15, -0.1) is 0 Å². The molecule has 3 aromatic rings. The van der Waals surface area contributed by atoms with Gasteiger partial charge in [0.05, 0.1) is 11.1 Å². The summed E-state index contributed by atoms with van der Waals surface area (Å²) >= 11 is 5.82. The molecule has 3 heterocycles. The van der Waals surface area contributed by atoms with E-state index < -0.39 is 11.9 Å². The minimum Gasteiger partial charge on any atom is -0.364 e. The third-order valence-corrected chi connectivity index (χ3v) is 6.04. The number of primary amides is 1. The van der Waals surface area contributed by atoms with E-state index in [1.807, 2.05) is 0 Å². The fourth-order valence-electron chi connectivity index (χ4n) is 4.12. The maximum atomic E-state index is 12.6. The van der Waals surface area contributed by atoms with E-state index in [0.717, 1.165) is 17.5 Å². The summed E-state index contributed by atoms with van der Waals surface area (Å²) in [6.07, 6.45) is 5.06. The Morgan fingerprint density at radius 1 is 1.14 bits per heavy atom. The lowest BCUT2D eigenvalue weighted by Crippen LogP contribution is -2.39. The number of amides is 3. The summed E-state index contributed by atoms with van der Waals surface area (Å²) in [6.45, 7) is 4.11. The number of nitrogens with two attached hydrogens (primary N) is 2. The largest absolute Gasteiger partial charge is 0.364 e. The van der Waals surface area contributed by atoms with Crippen LogP contribution in [0.3, 0.4) is 0 Å². The molecule has 0 saturated carbocycles. The van der Waals surface area contributed by atoms with E-state index in [2.05, 4.69) is 21.9 Å². The summed E-state index contributed by atoms with van der Waals surface area (Å²) in [5, 5.41) is 3.14. The number of benzene rings is 1. The van der Waals surface area contributed by atoms with Crippen molar-refractivity contribution in [3.05, 3.63) is 77.4 Å². The third kappa shape index (κ3) is 4.87. The molecule has 1 aliphatic heterocycles. The van der Waals surface area contributed by atoms with Crippen LogP contribution in [0.4, 0.5) is 5.82 Å². The first-order chi connectivity index (χ1) is 16.8. The normalized spacial score (nSPS) is 15.5. The van der Waals surface area contributed by atoms with Crippen molar-refractivity contribution in [2.75, 3.05) is 17.7 Å². The highest BCUT2D eigenvalue weighted by atomic mass is 35.5. The van der Waals surface area contributed by atoms with Gasteiger partial charge >= 0.3 is 0 Å². The number of nitrogen functional groups attached to an aromatic ring is 1. The van der Waals surface area contributed by atoms with E-state index in [1.165, 1.54) is 12.3 Å². The average molecular weight is 494 g/mol. The predicted molar refractivity (Wildman–Crippen MR) is 132 cm³/mol. The monoisotopic (exact) mass is 493 g/mol. The van der Waals surface area contributed by atoms with Gasteiger partial charge in [0, 0.05) is 23.9 Å². The van der Waals surface area contributed by atoms with Gasteiger partial charge in [0.2, 0.25) is 5.91 Å². The number of carbonyl (C=O) groups is 3. The van der Waals surface area contributed by atoms with Crippen LogP contribution in [0.1, 0.15) is 52.0 Å². The first-order valence-electron chi connectivity index (χ1n) is 10.9. The maximum Gasteiger partial charge on any atom is 0.269 e. The van der Waals surface area contributed by atoms with Crippen LogP contribution in [0, 0.1) is 0 Å². The van der Waals surface area contributed by atoms with Gasteiger partial charge in [0.15, 0.2) is 11.5 Å². The average Bonchev–Trinajstić information content (AvgIpc) is 3.22. The van der Waals surface area contributed by atoms with Crippen molar-refractivity contribution in [2.24, 2.45) is 5.73 Å². The number of rotatable bonds is 6. The molecule has 0 spiro atoms. The molecule has 0 aliphatic carbocycles. The summed E-state index contributed by atoms with van der Waals surface area (Å²) in [5.41, 5.74) is 6.84. The number of hydrogen-bond donors (Lipinski definition) is 3. The van der Waals surface area contributed by atoms with Gasteiger partial charge in [-0.25, -0.2) is 14.6 Å². The highest BCUT2D eigenvalue weighted by molar-refractivity contribution is 6.30. The Morgan fingerprint density at radius 3 is 2.51 bits per heavy atom. The van der Waals surface area contributed by atoms with Crippen LogP contribution in [0.2, 0.25) is 5.02 Å². The number of piperidine rings is 1. The van der Waals surface area contributed by atoms with Crippen molar-refractivity contribution in [3.8, 4) is 11.3 Å². The van der Waals surface area contributed by atoms with E-state index in [4.69, 9.17) is 23.2 Å². The second-order valence-corrected chi connectivity index (χ2v) is 8.48. The zero-order chi connectivity index (χ0) is 25.1. The Balaban J connectivity index is 1.64. The zero-order valence-corrected chi connectivity index (χ0v) is 19.5. The fraction of sp³-hybridized carbons (Fsp3) is 0.208. The molecule has 0 bridgehead atoms. The number of nitrogens with one attached hydrogen (secondary N) is 1. The number of hydrogen-bond acceptors (Lipinski definition) is 6. The lowest BCUT2D eigenvalue weighted by Gasteiger charge is -2.34. The van der Waals surface area contributed by atoms with Crippen LogP contribution in [0.5, 0.6) is 0 Å². The Hall–Kier alpha value is -4.18. The molecule has 1 atom stereocenters. The molecular formula is C24H24ClN7O3. The molecule has 1 aromatic carbocycles. The van der Waals surface area contributed by atoms with Gasteiger partial charge in [0.25, 0.3) is 11.8 Å². The maximum absolute atomic E-state index is 12.6. The lowest BCUT2D eigenvalue weighted by molar-refractivity contribution is -0.129. The highest BCUT2D eigenvalue weighted by Gasteiger charge is 2.33. The Labute approximate surface area is 206 Å². The number of nitrogens with zero attached hydrogens (tertiary/aromatic N) is 4. The van der Waals surface area contributed by atoms with Crippen LogP contribution < -0.4 is 16.9 Å². The summed E-state index contributed by atoms with van der Waals surface area (Å²) < 4.78 is 1.16. The number of anilines is 1. The summed E-state index contributed by atoms with van der Waals surface area (Å²) in [7, 11) is 0. The molecule has 0 unspecified atom stereocenters. The standard InChI is InChI=1S/C24H24ClN7O3/c1-2-19(33)31-12-4-3-5-17(31)23-30-20(21(22(26)34)32(23)27)14-6-8-15(9-7-14)24(35)29-18-11-10-16(25)13-28-18/h2,6-11,13,17H,1,3-5,12,27H2,(H2,26,34)(H,28,29,35)/t17-/m0/s1. The summed E-state index contributed by atoms with van der Waals surface area (Å²) in [4.78, 5) is 47.6. The van der Waals surface area contributed by atoms with Crippen molar-refractivity contribution in [1.82, 2.24) is 19.5 Å². The topological polar surface area (TPSA) is 149 Å². The van der Waals surface area contributed by atoms with Gasteiger partial charge in [0.1, 0.15) is 11.5 Å². The molecular weight excluding hydrogens is 470 g/mol. The Morgan fingerprint density at radius 2 is 1.89 bits per heavy atom. The molecule has 1 aliphatic rings. The van der Waals surface area contributed by atoms with Crippen LogP contribution in [-0.2, 0) is 4.79 Å². The molecule has 1 fully saturated rings. The third-order valence-electron chi connectivity index (χ3n) is 5.82. The molecule has 1 saturated heterocycles. The van der Waals surface area contributed by atoms with Crippen molar-refractivity contribution in [2.45, 2.75) is 25.3 Å². The number of imidazole rings is 1. The number of carbonyl (C=O) groups excluding carboxylic acids is 3. The minimum atomic E-state index is -0.755.